The van der Waals surface area contributed by atoms with Gasteiger partial charge in [0.15, 0.2) is 0 Å². The van der Waals surface area contributed by atoms with Crippen LogP contribution in [-0.2, 0) is 6.54 Å². The molecule has 1 amide bonds. The molecule has 1 atom stereocenters. The van der Waals surface area contributed by atoms with Crippen molar-refractivity contribution in [1.82, 2.24) is 24.6 Å². The predicted molar refractivity (Wildman–Crippen MR) is 145 cm³/mol. The van der Waals surface area contributed by atoms with E-state index >= 15 is 0 Å². The highest BCUT2D eigenvalue weighted by Gasteiger charge is 2.34. The molecule has 0 N–H and O–H groups in total. The number of hydrogen-bond donors (Lipinski definition) is 0. The summed E-state index contributed by atoms with van der Waals surface area (Å²) in [5.74, 6) is 0.299. The normalized spacial score (nSPS) is 18.7. The zero-order chi connectivity index (χ0) is 25.9. The number of aromatic nitrogens is 3. The Hall–Kier alpha value is -3.84. The molecule has 2 fully saturated rings. The molecule has 0 aliphatic carbocycles. The second-order valence-corrected chi connectivity index (χ2v) is 10.4. The number of halogens is 1. The van der Waals surface area contributed by atoms with Crippen LogP contribution in [0, 0.1) is 5.82 Å². The lowest BCUT2D eigenvalue weighted by Crippen LogP contribution is -2.34. The lowest BCUT2D eigenvalue weighted by atomic mass is 9.90. The molecule has 2 aromatic carbocycles. The van der Waals surface area contributed by atoms with Gasteiger partial charge in [-0.05, 0) is 74.3 Å². The maximum atomic E-state index is 13.9. The van der Waals surface area contributed by atoms with Gasteiger partial charge in [0.1, 0.15) is 5.82 Å². The van der Waals surface area contributed by atoms with Crippen molar-refractivity contribution in [2.75, 3.05) is 26.2 Å². The first kappa shape index (κ1) is 24.5. The van der Waals surface area contributed by atoms with Gasteiger partial charge < -0.3 is 4.90 Å². The van der Waals surface area contributed by atoms with Gasteiger partial charge in [0.05, 0.1) is 28.8 Å². The summed E-state index contributed by atoms with van der Waals surface area (Å²) >= 11 is 0. The number of piperidine rings is 1. The fourth-order valence-electron chi connectivity index (χ4n) is 5.90. The van der Waals surface area contributed by atoms with E-state index in [1.807, 2.05) is 34.0 Å². The Bertz CT molecular complexity index is 1360. The van der Waals surface area contributed by atoms with Gasteiger partial charge in [-0.25, -0.2) is 9.07 Å². The van der Waals surface area contributed by atoms with E-state index < -0.39 is 0 Å². The Morgan fingerprint density at radius 1 is 0.868 bits per heavy atom. The van der Waals surface area contributed by atoms with Crippen molar-refractivity contribution in [2.45, 2.75) is 37.6 Å². The molecule has 6 nitrogen and oxygen atoms in total. The number of nitrogens with zero attached hydrogens (tertiary/aromatic N) is 5. The number of amides is 1. The molecule has 0 bridgehead atoms. The molecule has 38 heavy (non-hydrogen) atoms. The summed E-state index contributed by atoms with van der Waals surface area (Å²) in [4.78, 5) is 22.8. The molecule has 2 aliphatic rings. The minimum Gasteiger partial charge on any atom is -0.338 e. The average Bonchev–Trinajstić information content (AvgIpc) is 3.63. The second-order valence-electron chi connectivity index (χ2n) is 10.4. The Labute approximate surface area is 222 Å². The summed E-state index contributed by atoms with van der Waals surface area (Å²) in [6.07, 6.45) is 6.36. The van der Waals surface area contributed by atoms with E-state index in [2.05, 4.69) is 45.3 Å². The average molecular weight is 510 g/mol. The molecule has 4 heterocycles. The number of carbonyl (C=O) groups is 1. The largest absolute Gasteiger partial charge is 0.338 e. The van der Waals surface area contributed by atoms with E-state index in [-0.39, 0.29) is 17.6 Å². The van der Waals surface area contributed by atoms with E-state index in [9.17, 15) is 9.18 Å². The number of hydrogen-bond acceptors (Lipinski definition) is 4. The van der Waals surface area contributed by atoms with Gasteiger partial charge in [0.2, 0.25) is 0 Å². The summed E-state index contributed by atoms with van der Waals surface area (Å²) in [7, 11) is 0. The van der Waals surface area contributed by atoms with Crippen LogP contribution in [0.5, 0.6) is 0 Å². The van der Waals surface area contributed by atoms with E-state index in [1.165, 1.54) is 17.7 Å². The van der Waals surface area contributed by atoms with Crippen LogP contribution in [0.2, 0.25) is 0 Å². The molecule has 0 radical (unpaired) electrons. The summed E-state index contributed by atoms with van der Waals surface area (Å²) in [5, 5.41) is 4.67. The maximum absolute atomic E-state index is 13.9. The minimum atomic E-state index is -0.286. The van der Waals surface area contributed by atoms with E-state index in [1.54, 1.807) is 18.3 Å². The molecule has 2 saturated heterocycles. The highest BCUT2D eigenvalue weighted by molar-refractivity contribution is 5.95. The van der Waals surface area contributed by atoms with Crippen molar-refractivity contribution in [1.29, 1.82) is 0 Å². The first-order chi connectivity index (χ1) is 18.7. The first-order valence-electron chi connectivity index (χ1n) is 13.5. The third-order valence-corrected chi connectivity index (χ3v) is 7.94. The molecule has 2 aromatic heterocycles. The maximum Gasteiger partial charge on any atom is 0.257 e. The molecular formula is C31H32FN5O. The molecule has 2 aliphatic heterocycles. The third-order valence-electron chi connectivity index (χ3n) is 7.94. The molecule has 0 saturated carbocycles. The van der Waals surface area contributed by atoms with E-state index in [4.69, 9.17) is 0 Å². The topological polar surface area (TPSA) is 54.3 Å². The third kappa shape index (κ3) is 5.11. The van der Waals surface area contributed by atoms with Crippen LogP contribution in [0.4, 0.5) is 4.39 Å². The molecule has 0 spiro atoms. The van der Waals surface area contributed by atoms with Crippen LogP contribution < -0.4 is 0 Å². The van der Waals surface area contributed by atoms with Crippen LogP contribution in [0.15, 0.2) is 85.2 Å². The van der Waals surface area contributed by atoms with Gasteiger partial charge in [-0.2, -0.15) is 5.10 Å². The van der Waals surface area contributed by atoms with E-state index in [0.717, 1.165) is 62.5 Å². The number of benzene rings is 2. The lowest BCUT2D eigenvalue weighted by Gasteiger charge is -2.32. The van der Waals surface area contributed by atoms with Gasteiger partial charge in [0.25, 0.3) is 5.91 Å². The smallest absolute Gasteiger partial charge is 0.257 e. The number of likely N-dealkylation sites (tertiary alicyclic amines) is 2. The summed E-state index contributed by atoms with van der Waals surface area (Å²) in [6, 6.07) is 22.8. The monoisotopic (exact) mass is 509 g/mol. The summed E-state index contributed by atoms with van der Waals surface area (Å²) in [6.45, 7) is 4.12. The van der Waals surface area contributed by atoms with E-state index in [0.29, 0.717) is 18.0 Å². The molecule has 4 aromatic rings. The second kappa shape index (κ2) is 10.9. The predicted octanol–water partition coefficient (Wildman–Crippen LogP) is 5.42. The SMILES string of the molecule is O=C(c1cnn(-c2ccc(F)cc2)c1C1CCN(Cc2ccccn2)CC1)N1CC[C@H](c2ccccc2)C1. The summed E-state index contributed by atoms with van der Waals surface area (Å²) < 4.78 is 15.6. The highest BCUT2D eigenvalue weighted by atomic mass is 19.1. The van der Waals surface area contributed by atoms with Crippen molar-refractivity contribution in [2.24, 2.45) is 0 Å². The highest BCUT2D eigenvalue weighted by Crippen LogP contribution is 2.35. The van der Waals surface area contributed by atoms with Crippen LogP contribution in [0.3, 0.4) is 0 Å². The zero-order valence-corrected chi connectivity index (χ0v) is 21.4. The standard InChI is InChI=1S/C31H32FN5O/c32-26-9-11-28(12-10-26)37-30(24-13-17-35(18-14-24)22-27-8-4-5-16-33-27)29(20-34-37)31(38)36-19-15-25(21-36)23-6-2-1-3-7-23/h1-12,16,20,24-25H,13-15,17-19,21-22H2/t25-/m0/s1. The lowest BCUT2D eigenvalue weighted by molar-refractivity contribution is 0.0788. The number of pyridine rings is 1. The van der Waals surface area contributed by atoms with Gasteiger partial charge in [-0.15, -0.1) is 0 Å². The van der Waals surface area contributed by atoms with Gasteiger partial charge >= 0.3 is 0 Å². The number of carbonyl (C=O) groups excluding carboxylic acids is 1. The van der Waals surface area contributed by atoms with Crippen molar-refractivity contribution in [3.63, 3.8) is 0 Å². The quantitative estimate of drug-likeness (QED) is 0.349. The van der Waals surface area contributed by atoms with Gasteiger partial charge in [-0.1, -0.05) is 36.4 Å². The van der Waals surface area contributed by atoms with Crippen molar-refractivity contribution in [3.05, 3.63) is 114 Å². The molecule has 0 unspecified atom stereocenters. The fourth-order valence-corrected chi connectivity index (χ4v) is 5.90. The minimum absolute atomic E-state index is 0.0442. The number of rotatable bonds is 6. The fraction of sp³-hybridized carbons (Fsp3) is 0.323. The molecule has 7 heteroatoms. The van der Waals surface area contributed by atoms with Crippen molar-refractivity contribution >= 4 is 5.91 Å². The molecule has 6 rings (SSSR count). The van der Waals surface area contributed by atoms with Crippen molar-refractivity contribution < 1.29 is 9.18 Å². The van der Waals surface area contributed by atoms with Gasteiger partial charge in [0, 0.05) is 37.7 Å². The van der Waals surface area contributed by atoms with Crippen molar-refractivity contribution in [3.8, 4) is 5.69 Å². The Balaban J connectivity index is 1.24. The molecular weight excluding hydrogens is 477 g/mol. The van der Waals surface area contributed by atoms with Crippen LogP contribution in [0.25, 0.3) is 5.69 Å². The summed E-state index contributed by atoms with van der Waals surface area (Å²) in [5.41, 5.74) is 4.75. The Morgan fingerprint density at radius 3 is 2.34 bits per heavy atom. The first-order valence-corrected chi connectivity index (χ1v) is 13.5. The Kier molecular flexibility index (Phi) is 7.01. The molecule has 194 valence electrons. The van der Waals surface area contributed by atoms with Crippen LogP contribution >= 0.6 is 0 Å². The Morgan fingerprint density at radius 2 is 1.61 bits per heavy atom. The zero-order valence-electron chi connectivity index (χ0n) is 21.4. The van der Waals surface area contributed by atoms with Crippen LogP contribution in [-0.4, -0.2) is 56.7 Å². The van der Waals surface area contributed by atoms with Gasteiger partial charge in [-0.3, -0.25) is 14.7 Å². The van der Waals surface area contributed by atoms with Crippen LogP contribution in [0.1, 0.15) is 58.4 Å².